The third kappa shape index (κ3) is 4.21. The van der Waals surface area contributed by atoms with Crippen molar-refractivity contribution in [1.29, 1.82) is 0 Å². The second-order valence-electron chi connectivity index (χ2n) is 5.29. The van der Waals surface area contributed by atoms with Gasteiger partial charge in [-0.2, -0.15) is 0 Å². The number of nitrogens with one attached hydrogen (secondary N) is 1. The number of ether oxygens (including phenoxy) is 1. The Hall–Kier alpha value is -0.160. The SMILES string of the molecule is NCC1CCCCC1NCCN1CCOCC1. The fraction of sp³-hybridized carbons (Fsp3) is 1.00. The molecular formula is C13H27N3O. The van der Waals surface area contributed by atoms with Crippen LogP contribution in [0.3, 0.4) is 0 Å². The van der Waals surface area contributed by atoms with Crippen LogP contribution < -0.4 is 11.1 Å². The van der Waals surface area contributed by atoms with Crippen molar-refractivity contribution in [2.45, 2.75) is 31.7 Å². The van der Waals surface area contributed by atoms with Crippen LogP contribution in [0.1, 0.15) is 25.7 Å². The Morgan fingerprint density at radius 2 is 1.94 bits per heavy atom. The summed E-state index contributed by atoms with van der Waals surface area (Å²) >= 11 is 0. The van der Waals surface area contributed by atoms with Crippen LogP contribution in [-0.2, 0) is 4.74 Å². The average molecular weight is 241 g/mol. The first kappa shape index (κ1) is 13.3. The molecule has 4 nitrogen and oxygen atoms in total. The Morgan fingerprint density at radius 3 is 2.71 bits per heavy atom. The van der Waals surface area contributed by atoms with E-state index in [-0.39, 0.29) is 0 Å². The minimum atomic E-state index is 0.662. The summed E-state index contributed by atoms with van der Waals surface area (Å²) in [6.07, 6.45) is 5.35. The number of nitrogens with two attached hydrogens (primary N) is 1. The number of nitrogens with zero attached hydrogens (tertiary/aromatic N) is 1. The van der Waals surface area contributed by atoms with Crippen molar-refractivity contribution in [1.82, 2.24) is 10.2 Å². The highest BCUT2D eigenvalue weighted by molar-refractivity contribution is 4.81. The summed E-state index contributed by atoms with van der Waals surface area (Å²) in [5.41, 5.74) is 5.84. The first-order chi connectivity index (χ1) is 8.40. The lowest BCUT2D eigenvalue weighted by Gasteiger charge is -2.33. The summed E-state index contributed by atoms with van der Waals surface area (Å²) in [5.74, 6) is 0.702. The zero-order chi connectivity index (χ0) is 11.9. The van der Waals surface area contributed by atoms with Crippen molar-refractivity contribution < 1.29 is 4.74 Å². The summed E-state index contributed by atoms with van der Waals surface area (Å²) in [6.45, 7) is 7.07. The van der Waals surface area contributed by atoms with E-state index >= 15 is 0 Å². The Kier molecular flexibility index (Phi) is 5.71. The van der Waals surface area contributed by atoms with Crippen LogP contribution in [0.2, 0.25) is 0 Å². The van der Waals surface area contributed by atoms with E-state index in [1.165, 1.54) is 25.7 Å². The third-order valence-electron chi connectivity index (χ3n) is 4.15. The van der Waals surface area contributed by atoms with Gasteiger partial charge in [-0.3, -0.25) is 4.90 Å². The lowest BCUT2D eigenvalue weighted by atomic mass is 9.84. The van der Waals surface area contributed by atoms with Crippen molar-refractivity contribution >= 4 is 0 Å². The molecule has 4 heteroatoms. The Morgan fingerprint density at radius 1 is 1.18 bits per heavy atom. The molecule has 0 aromatic carbocycles. The Labute approximate surface area is 105 Å². The quantitative estimate of drug-likeness (QED) is 0.733. The molecule has 0 radical (unpaired) electrons. The van der Waals surface area contributed by atoms with Gasteiger partial charge in [-0.1, -0.05) is 12.8 Å². The number of morpholine rings is 1. The maximum absolute atomic E-state index is 5.84. The molecule has 0 amide bonds. The second-order valence-corrected chi connectivity index (χ2v) is 5.29. The molecule has 1 saturated heterocycles. The molecule has 1 aliphatic carbocycles. The smallest absolute Gasteiger partial charge is 0.0594 e. The van der Waals surface area contributed by atoms with E-state index in [2.05, 4.69) is 10.2 Å². The fourth-order valence-corrected chi connectivity index (χ4v) is 2.99. The molecule has 0 spiro atoms. The number of hydrogen-bond acceptors (Lipinski definition) is 4. The largest absolute Gasteiger partial charge is 0.379 e. The first-order valence-electron chi connectivity index (χ1n) is 7.13. The van der Waals surface area contributed by atoms with Gasteiger partial charge in [-0.25, -0.2) is 0 Å². The minimum absolute atomic E-state index is 0.662. The molecule has 1 saturated carbocycles. The minimum Gasteiger partial charge on any atom is -0.379 e. The summed E-state index contributed by atoms with van der Waals surface area (Å²) in [4.78, 5) is 2.48. The molecule has 100 valence electrons. The van der Waals surface area contributed by atoms with Crippen molar-refractivity contribution in [3.63, 3.8) is 0 Å². The van der Waals surface area contributed by atoms with Crippen molar-refractivity contribution in [2.24, 2.45) is 11.7 Å². The van der Waals surface area contributed by atoms with Crippen molar-refractivity contribution in [2.75, 3.05) is 45.9 Å². The molecular weight excluding hydrogens is 214 g/mol. The molecule has 2 aliphatic rings. The van der Waals surface area contributed by atoms with Gasteiger partial charge in [0.2, 0.25) is 0 Å². The highest BCUT2D eigenvalue weighted by atomic mass is 16.5. The highest BCUT2D eigenvalue weighted by Gasteiger charge is 2.23. The molecule has 1 aliphatic heterocycles. The molecule has 0 aromatic rings. The van der Waals surface area contributed by atoms with Crippen LogP contribution in [0, 0.1) is 5.92 Å². The van der Waals surface area contributed by atoms with Gasteiger partial charge in [0, 0.05) is 32.2 Å². The Balaban J connectivity index is 1.62. The van der Waals surface area contributed by atoms with Gasteiger partial charge >= 0.3 is 0 Å². The van der Waals surface area contributed by atoms with Gasteiger partial charge in [-0.15, -0.1) is 0 Å². The van der Waals surface area contributed by atoms with Gasteiger partial charge in [0.1, 0.15) is 0 Å². The average Bonchev–Trinajstić information content (AvgIpc) is 2.40. The van der Waals surface area contributed by atoms with E-state index in [0.29, 0.717) is 12.0 Å². The summed E-state index contributed by atoms with van der Waals surface area (Å²) in [6, 6.07) is 0.662. The van der Waals surface area contributed by atoms with Gasteiger partial charge in [0.25, 0.3) is 0 Å². The maximum atomic E-state index is 5.84. The predicted octanol–water partition coefficient (Wildman–Crippen LogP) is 0.426. The van der Waals surface area contributed by atoms with Crippen LogP contribution >= 0.6 is 0 Å². The van der Waals surface area contributed by atoms with E-state index in [1.807, 2.05) is 0 Å². The number of hydrogen-bond donors (Lipinski definition) is 2. The van der Waals surface area contributed by atoms with E-state index < -0.39 is 0 Å². The van der Waals surface area contributed by atoms with Crippen molar-refractivity contribution in [3.05, 3.63) is 0 Å². The van der Waals surface area contributed by atoms with Crippen LogP contribution in [0.4, 0.5) is 0 Å². The Bertz CT molecular complexity index is 207. The molecule has 3 N–H and O–H groups in total. The number of rotatable bonds is 5. The zero-order valence-corrected chi connectivity index (χ0v) is 10.9. The third-order valence-corrected chi connectivity index (χ3v) is 4.15. The lowest BCUT2D eigenvalue weighted by molar-refractivity contribution is 0.0377. The molecule has 1 heterocycles. The van der Waals surface area contributed by atoms with Crippen LogP contribution in [0.5, 0.6) is 0 Å². The van der Waals surface area contributed by atoms with E-state index in [0.717, 1.165) is 45.9 Å². The van der Waals surface area contributed by atoms with Crippen LogP contribution in [0.15, 0.2) is 0 Å². The topological polar surface area (TPSA) is 50.5 Å². The standard InChI is InChI=1S/C13H27N3O/c14-11-12-3-1-2-4-13(12)15-5-6-16-7-9-17-10-8-16/h12-13,15H,1-11,14H2. The molecule has 2 fully saturated rings. The van der Waals surface area contributed by atoms with E-state index in [4.69, 9.17) is 10.5 Å². The monoisotopic (exact) mass is 241 g/mol. The van der Waals surface area contributed by atoms with Crippen LogP contribution in [-0.4, -0.2) is 56.9 Å². The summed E-state index contributed by atoms with van der Waals surface area (Å²) in [7, 11) is 0. The lowest BCUT2D eigenvalue weighted by Crippen LogP contribution is -2.46. The molecule has 17 heavy (non-hydrogen) atoms. The normalized spacial score (nSPS) is 31.6. The molecule has 0 aromatic heterocycles. The first-order valence-corrected chi connectivity index (χ1v) is 7.13. The summed E-state index contributed by atoms with van der Waals surface area (Å²) < 4.78 is 5.35. The zero-order valence-electron chi connectivity index (χ0n) is 10.9. The van der Waals surface area contributed by atoms with Gasteiger partial charge in [0.15, 0.2) is 0 Å². The summed E-state index contributed by atoms with van der Waals surface area (Å²) in [5, 5.41) is 3.71. The van der Waals surface area contributed by atoms with Crippen molar-refractivity contribution in [3.8, 4) is 0 Å². The van der Waals surface area contributed by atoms with Gasteiger partial charge in [0.05, 0.1) is 13.2 Å². The second kappa shape index (κ2) is 7.31. The molecule has 2 unspecified atom stereocenters. The van der Waals surface area contributed by atoms with E-state index in [9.17, 15) is 0 Å². The highest BCUT2D eigenvalue weighted by Crippen LogP contribution is 2.23. The van der Waals surface area contributed by atoms with E-state index in [1.54, 1.807) is 0 Å². The molecule has 2 atom stereocenters. The van der Waals surface area contributed by atoms with Gasteiger partial charge in [-0.05, 0) is 25.3 Å². The fourth-order valence-electron chi connectivity index (χ4n) is 2.99. The maximum Gasteiger partial charge on any atom is 0.0594 e. The predicted molar refractivity (Wildman–Crippen MR) is 70.1 cm³/mol. The molecule has 0 bridgehead atoms. The molecule has 2 rings (SSSR count). The van der Waals surface area contributed by atoms with Crippen LogP contribution in [0.25, 0.3) is 0 Å². The van der Waals surface area contributed by atoms with Gasteiger partial charge < -0.3 is 15.8 Å².